The molecule has 168 valence electrons. The molecular formula is C25H28N2O5. The summed E-state index contributed by atoms with van der Waals surface area (Å²) in [6.45, 7) is 2.21. The normalized spacial score (nSPS) is 16.4. The van der Waals surface area contributed by atoms with E-state index in [4.69, 9.17) is 4.74 Å². The van der Waals surface area contributed by atoms with Crippen molar-refractivity contribution in [1.29, 1.82) is 0 Å². The van der Waals surface area contributed by atoms with Gasteiger partial charge in [0, 0.05) is 12.5 Å². The maximum absolute atomic E-state index is 12.6. The van der Waals surface area contributed by atoms with Crippen molar-refractivity contribution in [2.75, 3.05) is 13.2 Å². The lowest BCUT2D eigenvalue weighted by Crippen LogP contribution is -2.47. The minimum atomic E-state index is -1.04. The largest absolute Gasteiger partial charge is 0.480 e. The number of carbonyl (C=O) groups is 3. The van der Waals surface area contributed by atoms with Crippen molar-refractivity contribution in [3.63, 3.8) is 0 Å². The smallest absolute Gasteiger partial charge is 0.407 e. The summed E-state index contributed by atoms with van der Waals surface area (Å²) in [5.74, 6) is -1.39. The SMILES string of the molecule is CCCC(NC(=O)C1(CNC(=O)OCC2c3ccccc3-c3ccccc32)CC1)C(=O)O. The quantitative estimate of drug-likeness (QED) is 0.556. The summed E-state index contributed by atoms with van der Waals surface area (Å²) in [4.78, 5) is 36.3. The summed E-state index contributed by atoms with van der Waals surface area (Å²) in [5, 5.41) is 14.6. The van der Waals surface area contributed by atoms with Gasteiger partial charge in [-0.1, -0.05) is 61.9 Å². The fourth-order valence-electron chi connectivity index (χ4n) is 4.38. The number of alkyl carbamates (subject to hydrolysis) is 1. The zero-order valence-electron chi connectivity index (χ0n) is 18.1. The van der Waals surface area contributed by atoms with Crippen molar-refractivity contribution >= 4 is 18.0 Å². The van der Waals surface area contributed by atoms with Gasteiger partial charge in [0.25, 0.3) is 0 Å². The number of carboxylic acids is 1. The van der Waals surface area contributed by atoms with Crippen LogP contribution in [-0.2, 0) is 14.3 Å². The Kier molecular flexibility index (Phi) is 6.17. The molecule has 2 aromatic rings. The van der Waals surface area contributed by atoms with E-state index < -0.39 is 23.5 Å². The number of aliphatic carboxylic acids is 1. The van der Waals surface area contributed by atoms with Gasteiger partial charge in [-0.15, -0.1) is 0 Å². The van der Waals surface area contributed by atoms with Gasteiger partial charge in [0.05, 0.1) is 5.41 Å². The molecule has 2 aliphatic rings. The molecule has 0 aliphatic heterocycles. The maximum atomic E-state index is 12.6. The van der Waals surface area contributed by atoms with Gasteiger partial charge < -0.3 is 20.5 Å². The highest BCUT2D eigenvalue weighted by molar-refractivity contribution is 5.90. The molecule has 2 amide bonds. The van der Waals surface area contributed by atoms with E-state index in [0.29, 0.717) is 25.7 Å². The van der Waals surface area contributed by atoms with Crippen molar-refractivity contribution in [2.45, 2.75) is 44.6 Å². The first-order valence-electron chi connectivity index (χ1n) is 11.1. The second kappa shape index (κ2) is 9.02. The molecule has 7 heteroatoms. The second-order valence-electron chi connectivity index (χ2n) is 8.61. The molecule has 7 nitrogen and oxygen atoms in total. The van der Waals surface area contributed by atoms with Gasteiger partial charge in [-0.2, -0.15) is 0 Å². The third-order valence-corrected chi connectivity index (χ3v) is 6.43. The van der Waals surface area contributed by atoms with Crippen molar-refractivity contribution in [3.05, 3.63) is 59.7 Å². The van der Waals surface area contributed by atoms with Crippen LogP contribution in [-0.4, -0.2) is 42.3 Å². The third-order valence-electron chi connectivity index (χ3n) is 6.43. The van der Waals surface area contributed by atoms with Crippen LogP contribution in [0.3, 0.4) is 0 Å². The van der Waals surface area contributed by atoms with E-state index in [2.05, 4.69) is 34.9 Å². The molecule has 1 fully saturated rings. The number of amides is 2. The first-order valence-corrected chi connectivity index (χ1v) is 11.1. The number of rotatable bonds is 9. The first kappa shape index (κ1) is 21.9. The lowest BCUT2D eigenvalue weighted by atomic mass is 9.98. The summed E-state index contributed by atoms with van der Waals surface area (Å²) in [6.07, 6.45) is 1.68. The standard InChI is InChI=1S/C25H28N2O5/c1-2-7-21(22(28)29)27-23(30)25(12-13-25)15-26-24(31)32-14-20-18-10-5-3-8-16(18)17-9-4-6-11-19(17)20/h3-6,8-11,20-21H,2,7,12-15H2,1H3,(H,26,31)(H,27,30)(H,28,29). The Morgan fingerprint density at radius 1 is 1.06 bits per heavy atom. The Hall–Kier alpha value is -3.35. The highest BCUT2D eigenvalue weighted by Crippen LogP contribution is 2.46. The summed E-state index contributed by atoms with van der Waals surface area (Å²) in [6, 6.07) is 15.3. The fraction of sp³-hybridized carbons (Fsp3) is 0.400. The fourth-order valence-corrected chi connectivity index (χ4v) is 4.38. The van der Waals surface area contributed by atoms with E-state index in [0.717, 1.165) is 22.3 Å². The van der Waals surface area contributed by atoms with Gasteiger partial charge in [-0.25, -0.2) is 9.59 Å². The average Bonchev–Trinajstić information content (AvgIpc) is 3.53. The maximum Gasteiger partial charge on any atom is 0.407 e. The Bertz CT molecular complexity index is 985. The highest BCUT2D eigenvalue weighted by Gasteiger charge is 2.50. The Morgan fingerprint density at radius 3 is 2.19 bits per heavy atom. The summed E-state index contributed by atoms with van der Waals surface area (Å²) >= 11 is 0. The van der Waals surface area contributed by atoms with Gasteiger partial charge >= 0.3 is 12.1 Å². The number of ether oxygens (including phenoxy) is 1. The van der Waals surface area contributed by atoms with Crippen LogP contribution in [0.15, 0.2) is 48.5 Å². The third kappa shape index (κ3) is 4.33. The second-order valence-corrected chi connectivity index (χ2v) is 8.61. The van der Waals surface area contributed by atoms with Crippen LogP contribution >= 0.6 is 0 Å². The molecule has 1 unspecified atom stereocenters. The number of hydrogen-bond acceptors (Lipinski definition) is 4. The Balaban J connectivity index is 1.32. The van der Waals surface area contributed by atoms with Crippen LogP contribution in [0.5, 0.6) is 0 Å². The molecule has 1 saturated carbocycles. The molecule has 0 radical (unpaired) electrons. The van der Waals surface area contributed by atoms with E-state index in [1.54, 1.807) is 0 Å². The first-order chi connectivity index (χ1) is 15.4. The number of nitrogens with one attached hydrogen (secondary N) is 2. The van der Waals surface area contributed by atoms with Crippen molar-refractivity contribution in [3.8, 4) is 11.1 Å². The van der Waals surface area contributed by atoms with E-state index in [1.807, 2.05) is 31.2 Å². The number of fused-ring (bicyclic) bond motifs is 3. The number of carbonyl (C=O) groups excluding carboxylic acids is 2. The van der Waals surface area contributed by atoms with Crippen molar-refractivity contribution < 1.29 is 24.2 Å². The van der Waals surface area contributed by atoms with E-state index in [1.165, 1.54) is 0 Å². The topological polar surface area (TPSA) is 105 Å². The molecule has 0 saturated heterocycles. The number of carboxylic acid groups (broad SMARTS) is 1. The molecule has 0 bridgehead atoms. The molecular weight excluding hydrogens is 408 g/mol. The van der Waals surface area contributed by atoms with Crippen molar-refractivity contribution in [2.24, 2.45) is 5.41 Å². The van der Waals surface area contributed by atoms with Crippen LogP contribution in [0.25, 0.3) is 11.1 Å². The molecule has 0 spiro atoms. The summed E-state index contributed by atoms with van der Waals surface area (Å²) < 4.78 is 5.52. The number of benzene rings is 2. The van der Waals surface area contributed by atoms with Gasteiger partial charge in [0.1, 0.15) is 12.6 Å². The van der Waals surface area contributed by atoms with Crippen molar-refractivity contribution in [1.82, 2.24) is 10.6 Å². The molecule has 4 rings (SSSR count). The summed E-state index contributed by atoms with van der Waals surface area (Å²) in [7, 11) is 0. The van der Waals surface area contributed by atoms with Gasteiger partial charge in [-0.05, 0) is 41.5 Å². The molecule has 3 N–H and O–H groups in total. The Morgan fingerprint density at radius 2 is 1.66 bits per heavy atom. The zero-order valence-corrected chi connectivity index (χ0v) is 18.1. The van der Waals surface area contributed by atoms with Crippen LogP contribution in [0, 0.1) is 5.41 Å². The summed E-state index contributed by atoms with van der Waals surface area (Å²) in [5.41, 5.74) is 3.84. The lowest BCUT2D eigenvalue weighted by molar-refractivity contribution is -0.142. The predicted molar refractivity (Wildman–Crippen MR) is 119 cm³/mol. The molecule has 1 atom stereocenters. The predicted octanol–water partition coefficient (Wildman–Crippen LogP) is 3.67. The van der Waals surface area contributed by atoms with Crippen LogP contribution < -0.4 is 10.6 Å². The van der Waals surface area contributed by atoms with Crippen LogP contribution in [0.4, 0.5) is 4.79 Å². The van der Waals surface area contributed by atoms with Gasteiger partial charge in [-0.3, -0.25) is 4.79 Å². The minimum Gasteiger partial charge on any atom is -0.480 e. The van der Waals surface area contributed by atoms with E-state index in [-0.39, 0.29) is 25.0 Å². The minimum absolute atomic E-state index is 0.0308. The highest BCUT2D eigenvalue weighted by atomic mass is 16.5. The van der Waals surface area contributed by atoms with Gasteiger partial charge in [0.15, 0.2) is 0 Å². The zero-order chi connectivity index (χ0) is 22.7. The molecule has 0 aromatic heterocycles. The van der Waals surface area contributed by atoms with Gasteiger partial charge in [0.2, 0.25) is 5.91 Å². The van der Waals surface area contributed by atoms with E-state index in [9.17, 15) is 19.5 Å². The molecule has 32 heavy (non-hydrogen) atoms. The molecule has 2 aliphatic carbocycles. The lowest BCUT2D eigenvalue weighted by Gasteiger charge is -2.20. The van der Waals surface area contributed by atoms with Crippen LogP contribution in [0.1, 0.15) is 49.7 Å². The monoisotopic (exact) mass is 436 g/mol. The van der Waals surface area contributed by atoms with Crippen LogP contribution in [0.2, 0.25) is 0 Å². The number of hydrogen-bond donors (Lipinski definition) is 3. The molecule has 2 aromatic carbocycles. The average molecular weight is 437 g/mol. The molecule has 0 heterocycles. The van der Waals surface area contributed by atoms with E-state index >= 15 is 0 Å². The Labute approximate surface area is 187 Å².